The second kappa shape index (κ2) is 14.5. The summed E-state index contributed by atoms with van der Waals surface area (Å²) in [4.78, 5) is 70.7. The van der Waals surface area contributed by atoms with Crippen molar-refractivity contribution in [1.82, 2.24) is 40.7 Å². The largest absolute Gasteiger partial charge is 0.481 e. The molecule has 238 valence electrons. The molecule has 1 fully saturated rings. The van der Waals surface area contributed by atoms with Gasteiger partial charge in [-0.2, -0.15) is 0 Å². The van der Waals surface area contributed by atoms with Gasteiger partial charge in [-0.1, -0.05) is 48.5 Å². The number of amides is 3. The molecule has 0 saturated carbocycles. The Morgan fingerprint density at radius 1 is 1.04 bits per heavy atom. The maximum absolute atomic E-state index is 13.6. The fourth-order valence-corrected chi connectivity index (χ4v) is 5.38. The molecule has 2 aromatic heterocycles. The highest BCUT2D eigenvalue weighted by molar-refractivity contribution is 6.00. The molecule has 1 aliphatic heterocycles. The summed E-state index contributed by atoms with van der Waals surface area (Å²) < 4.78 is 1.27. The Balaban J connectivity index is 1.24. The van der Waals surface area contributed by atoms with Crippen LogP contribution in [0.3, 0.4) is 0 Å². The van der Waals surface area contributed by atoms with E-state index in [9.17, 15) is 29.1 Å². The number of hydrogen-bond acceptors (Lipinski definition) is 9. The minimum absolute atomic E-state index is 0.252. The lowest BCUT2D eigenvalue weighted by Gasteiger charge is -2.30. The van der Waals surface area contributed by atoms with Crippen LogP contribution in [-0.2, 0) is 32.1 Å². The van der Waals surface area contributed by atoms with E-state index in [1.807, 2.05) is 54.6 Å². The first kappa shape index (κ1) is 31.9. The van der Waals surface area contributed by atoms with Crippen LogP contribution in [0, 0.1) is 0 Å². The lowest BCUT2D eigenvalue weighted by molar-refractivity contribution is -0.143. The Kier molecular flexibility index (Phi) is 10.0. The van der Waals surface area contributed by atoms with Crippen molar-refractivity contribution in [3.63, 3.8) is 0 Å². The van der Waals surface area contributed by atoms with E-state index in [1.54, 1.807) is 6.07 Å². The number of likely N-dealkylation sites (tertiary alicyclic amines) is 1. The number of fused-ring (bicyclic) bond motifs is 1. The fraction of sp³-hybridized carbons (Fsp3) is 0.344. The van der Waals surface area contributed by atoms with Crippen LogP contribution >= 0.6 is 0 Å². The number of nitrogens with zero attached hydrogens (tertiary/aromatic N) is 6. The van der Waals surface area contributed by atoms with Crippen LogP contribution in [0.4, 0.5) is 0 Å². The molecule has 1 saturated heterocycles. The van der Waals surface area contributed by atoms with Gasteiger partial charge in [-0.3, -0.25) is 29.0 Å². The van der Waals surface area contributed by atoms with Crippen molar-refractivity contribution >= 4 is 40.4 Å². The number of para-hydroxylation sites is 1. The maximum Gasteiger partial charge on any atom is 0.305 e. The molecular weight excluding hydrogens is 592 g/mol. The number of tetrazole rings is 1. The number of Topliss-reactive ketones (excluding diaryl/α,β-unsaturated/α-hetero) is 1. The summed E-state index contributed by atoms with van der Waals surface area (Å²) in [6, 6.07) is 15.1. The van der Waals surface area contributed by atoms with Crippen molar-refractivity contribution in [2.24, 2.45) is 0 Å². The van der Waals surface area contributed by atoms with Gasteiger partial charge in [0.1, 0.15) is 18.6 Å². The van der Waals surface area contributed by atoms with Crippen LogP contribution in [0.15, 0.2) is 66.9 Å². The van der Waals surface area contributed by atoms with E-state index in [0.717, 1.165) is 16.5 Å². The molecule has 3 atom stereocenters. The van der Waals surface area contributed by atoms with Gasteiger partial charge < -0.3 is 20.6 Å². The van der Waals surface area contributed by atoms with Crippen LogP contribution in [0.25, 0.3) is 10.9 Å². The second-order valence-corrected chi connectivity index (χ2v) is 11.2. The van der Waals surface area contributed by atoms with E-state index < -0.39 is 54.0 Å². The summed E-state index contributed by atoms with van der Waals surface area (Å²) in [5.74, 6) is -3.10. The van der Waals surface area contributed by atoms with Crippen molar-refractivity contribution in [3.8, 4) is 0 Å². The summed E-state index contributed by atoms with van der Waals surface area (Å²) in [7, 11) is 0. The molecule has 46 heavy (non-hydrogen) atoms. The number of rotatable bonds is 12. The van der Waals surface area contributed by atoms with E-state index in [4.69, 9.17) is 0 Å². The molecule has 3 heterocycles. The summed E-state index contributed by atoms with van der Waals surface area (Å²) in [6.45, 7) is 1.40. The van der Waals surface area contributed by atoms with Crippen LogP contribution < -0.4 is 10.6 Å². The number of hydrogen-bond donors (Lipinski definition) is 3. The number of nitrogens with one attached hydrogen (secondary N) is 2. The molecule has 4 aromatic rings. The van der Waals surface area contributed by atoms with Crippen LogP contribution in [0.5, 0.6) is 0 Å². The van der Waals surface area contributed by atoms with E-state index in [-0.39, 0.29) is 13.1 Å². The number of carbonyl (C=O) groups is 5. The van der Waals surface area contributed by atoms with Crippen molar-refractivity contribution in [2.45, 2.75) is 63.7 Å². The molecule has 0 aliphatic carbocycles. The number of aliphatic carboxylic acids is 1. The third kappa shape index (κ3) is 7.75. The molecule has 3 unspecified atom stereocenters. The average molecular weight is 627 g/mol. The van der Waals surface area contributed by atoms with Gasteiger partial charge in [-0.25, -0.2) is 4.68 Å². The van der Waals surface area contributed by atoms with Crippen molar-refractivity contribution in [2.75, 3.05) is 6.54 Å². The zero-order valence-electron chi connectivity index (χ0n) is 25.2. The zero-order valence-corrected chi connectivity index (χ0v) is 25.2. The van der Waals surface area contributed by atoms with Gasteiger partial charge in [-0.15, -0.1) is 5.10 Å². The van der Waals surface area contributed by atoms with Crippen molar-refractivity contribution < 1.29 is 29.1 Å². The predicted molar refractivity (Wildman–Crippen MR) is 164 cm³/mol. The first-order valence-electron chi connectivity index (χ1n) is 15.0. The Morgan fingerprint density at radius 3 is 2.59 bits per heavy atom. The highest BCUT2D eigenvalue weighted by Crippen LogP contribution is 2.18. The monoisotopic (exact) mass is 626 g/mol. The van der Waals surface area contributed by atoms with Crippen molar-refractivity contribution in [3.05, 3.63) is 83.8 Å². The molecule has 14 heteroatoms. The molecule has 14 nitrogen and oxygen atoms in total. The predicted octanol–water partition coefficient (Wildman–Crippen LogP) is 1.54. The number of carboxylic acid groups (broad SMARTS) is 1. The van der Waals surface area contributed by atoms with Gasteiger partial charge in [-0.05, 0) is 54.3 Å². The Labute approximate surface area is 264 Å². The molecule has 2 aromatic carbocycles. The summed E-state index contributed by atoms with van der Waals surface area (Å²) >= 11 is 0. The summed E-state index contributed by atoms with van der Waals surface area (Å²) in [6.07, 6.45) is 2.74. The highest BCUT2D eigenvalue weighted by Gasteiger charge is 2.35. The summed E-state index contributed by atoms with van der Waals surface area (Å²) in [5.41, 5.74) is 1.96. The average Bonchev–Trinajstić information content (AvgIpc) is 3.40. The van der Waals surface area contributed by atoms with E-state index in [1.165, 1.54) is 22.7 Å². The Morgan fingerprint density at radius 2 is 1.80 bits per heavy atom. The van der Waals surface area contributed by atoms with Gasteiger partial charge in [0, 0.05) is 24.5 Å². The van der Waals surface area contributed by atoms with Gasteiger partial charge >= 0.3 is 5.97 Å². The molecule has 1 aliphatic rings. The van der Waals surface area contributed by atoms with Gasteiger partial charge in [0.25, 0.3) is 5.91 Å². The van der Waals surface area contributed by atoms with Gasteiger partial charge in [0.15, 0.2) is 11.6 Å². The molecule has 0 radical (unpaired) electrons. The third-order valence-corrected chi connectivity index (χ3v) is 7.93. The van der Waals surface area contributed by atoms with Crippen LogP contribution in [0.1, 0.15) is 54.4 Å². The fourth-order valence-electron chi connectivity index (χ4n) is 5.38. The maximum atomic E-state index is 13.6. The molecule has 5 rings (SSSR count). The number of aromatic nitrogens is 5. The topological polar surface area (TPSA) is 189 Å². The second-order valence-electron chi connectivity index (χ2n) is 11.2. The standard InChI is InChI=1S/C32H34N8O6/c1-20(39-14-8-7-13-25(32(39)46)34-31(45)23-16-22-11-5-6-12-24(22)33-18-23)30(44)35-26(17-29(42)43)27(41)19-40-28(36-37-38-40)15-21-9-3-2-4-10-21/h2-6,9-12,16,18,20,25-26H,7-8,13-15,17,19H2,1H3,(H,34,45)(H,35,44)(H,42,43). The molecule has 3 amide bonds. The third-order valence-electron chi connectivity index (χ3n) is 7.93. The molecule has 0 spiro atoms. The summed E-state index contributed by atoms with van der Waals surface area (Å²) in [5, 5.41) is 27.1. The minimum atomic E-state index is -1.39. The Hall–Kier alpha value is -5.53. The smallest absolute Gasteiger partial charge is 0.305 e. The van der Waals surface area contributed by atoms with Crippen LogP contribution in [-0.4, -0.2) is 89.3 Å². The normalized spacial score (nSPS) is 16.3. The highest BCUT2D eigenvalue weighted by atomic mass is 16.4. The lowest BCUT2D eigenvalue weighted by atomic mass is 10.1. The van der Waals surface area contributed by atoms with Crippen molar-refractivity contribution in [1.29, 1.82) is 0 Å². The first-order valence-corrected chi connectivity index (χ1v) is 15.0. The SMILES string of the molecule is CC(C(=O)NC(CC(=O)O)C(=O)Cn1nnnc1Cc1ccccc1)N1CCCCC(NC(=O)c2cnc3ccccc3c2)C1=O. The number of ketones is 1. The minimum Gasteiger partial charge on any atom is -0.481 e. The van der Waals surface area contributed by atoms with Crippen LogP contribution in [0.2, 0.25) is 0 Å². The molecular formula is C32H34N8O6. The van der Waals surface area contributed by atoms with Gasteiger partial charge in [0.05, 0.1) is 23.5 Å². The first-order chi connectivity index (χ1) is 22.2. The number of carboxylic acids is 1. The zero-order chi connectivity index (χ0) is 32.6. The lowest BCUT2D eigenvalue weighted by Crippen LogP contribution is -2.56. The number of carbonyl (C=O) groups excluding carboxylic acids is 4. The van der Waals surface area contributed by atoms with E-state index in [0.29, 0.717) is 37.1 Å². The number of benzene rings is 2. The van der Waals surface area contributed by atoms with E-state index in [2.05, 4.69) is 31.1 Å². The van der Waals surface area contributed by atoms with Gasteiger partial charge in [0.2, 0.25) is 11.8 Å². The quantitative estimate of drug-likeness (QED) is 0.208. The molecule has 0 bridgehead atoms. The molecule has 3 N–H and O–H groups in total. The van der Waals surface area contributed by atoms with E-state index >= 15 is 0 Å². The Bertz CT molecular complexity index is 1740. The number of pyridine rings is 1.